The molecule has 0 aromatic heterocycles. The monoisotopic (exact) mass is 175 g/mol. The highest BCUT2D eigenvalue weighted by atomic mass is 19.3. The third-order valence-electron chi connectivity index (χ3n) is 3.48. The molecule has 1 aliphatic carbocycles. The van der Waals surface area contributed by atoms with Crippen LogP contribution in [0.15, 0.2) is 0 Å². The largest absolute Gasteiger partial charge is 0.317 e. The van der Waals surface area contributed by atoms with Gasteiger partial charge in [-0.3, -0.25) is 0 Å². The van der Waals surface area contributed by atoms with Gasteiger partial charge in [-0.2, -0.15) is 0 Å². The van der Waals surface area contributed by atoms with E-state index in [1.807, 2.05) is 0 Å². The van der Waals surface area contributed by atoms with Gasteiger partial charge in [-0.05, 0) is 38.8 Å². The highest BCUT2D eigenvalue weighted by Crippen LogP contribution is 2.55. The summed E-state index contributed by atoms with van der Waals surface area (Å²) in [7, 11) is 0. The quantitative estimate of drug-likeness (QED) is 0.595. The van der Waals surface area contributed by atoms with Crippen molar-refractivity contribution in [3.63, 3.8) is 0 Å². The van der Waals surface area contributed by atoms with Crippen LogP contribution in [0.3, 0.4) is 0 Å². The summed E-state index contributed by atoms with van der Waals surface area (Å²) in [6, 6.07) is 0. The van der Waals surface area contributed by atoms with Crippen LogP contribution in [-0.2, 0) is 0 Å². The molecular formula is C9H15F2N. The van der Waals surface area contributed by atoms with Gasteiger partial charge < -0.3 is 5.32 Å². The SMILES string of the molecule is FC1(F)CCCC12CCNCC2. The normalized spacial score (nSPS) is 32.5. The Morgan fingerprint density at radius 2 is 1.58 bits per heavy atom. The van der Waals surface area contributed by atoms with Gasteiger partial charge >= 0.3 is 0 Å². The van der Waals surface area contributed by atoms with Crippen molar-refractivity contribution < 1.29 is 8.78 Å². The Morgan fingerprint density at radius 3 is 2.08 bits per heavy atom. The number of nitrogens with one attached hydrogen (secondary N) is 1. The molecule has 0 bridgehead atoms. The highest BCUT2D eigenvalue weighted by molar-refractivity contribution is 5.00. The maximum atomic E-state index is 13.5. The summed E-state index contributed by atoms with van der Waals surface area (Å²) in [6.07, 6.45) is 2.90. The van der Waals surface area contributed by atoms with Gasteiger partial charge in [0.25, 0.3) is 5.92 Å². The van der Waals surface area contributed by atoms with Crippen LogP contribution in [0, 0.1) is 5.41 Å². The summed E-state index contributed by atoms with van der Waals surface area (Å²) >= 11 is 0. The Balaban J connectivity index is 2.17. The number of alkyl halides is 2. The van der Waals surface area contributed by atoms with Gasteiger partial charge in [0.2, 0.25) is 0 Å². The highest BCUT2D eigenvalue weighted by Gasteiger charge is 2.56. The molecule has 1 aliphatic heterocycles. The summed E-state index contributed by atoms with van der Waals surface area (Å²) in [6.45, 7) is 1.55. The maximum Gasteiger partial charge on any atom is 0.253 e. The fourth-order valence-electron chi connectivity index (χ4n) is 2.62. The van der Waals surface area contributed by atoms with E-state index in [9.17, 15) is 8.78 Å². The second-order valence-corrected chi connectivity index (χ2v) is 4.09. The number of halogens is 2. The van der Waals surface area contributed by atoms with Crippen LogP contribution in [-0.4, -0.2) is 19.0 Å². The van der Waals surface area contributed by atoms with Gasteiger partial charge in [0, 0.05) is 11.8 Å². The first-order valence-corrected chi connectivity index (χ1v) is 4.75. The molecule has 3 heteroatoms. The maximum absolute atomic E-state index is 13.5. The van der Waals surface area contributed by atoms with Crippen molar-refractivity contribution in [2.24, 2.45) is 5.41 Å². The fourth-order valence-corrected chi connectivity index (χ4v) is 2.62. The van der Waals surface area contributed by atoms with Crippen LogP contribution in [0.25, 0.3) is 0 Å². The van der Waals surface area contributed by atoms with E-state index in [1.165, 1.54) is 0 Å². The first-order valence-electron chi connectivity index (χ1n) is 4.75. The zero-order valence-electron chi connectivity index (χ0n) is 7.21. The molecule has 0 aromatic carbocycles. The average molecular weight is 175 g/mol. The van der Waals surface area contributed by atoms with E-state index < -0.39 is 11.3 Å². The molecule has 0 aromatic rings. The van der Waals surface area contributed by atoms with E-state index in [-0.39, 0.29) is 6.42 Å². The van der Waals surface area contributed by atoms with Crippen molar-refractivity contribution in [2.75, 3.05) is 13.1 Å². The van der Waals surface area contributed by atoms with Gasteiger partial charge in [0.05, 0.1) is 0 Å². The zero-order valence-corrected chi connectivity index (χ0v) is 7.21. The summed E-state index contributed by atoms with van der Waals surface area (Å²) in [5, 5.41) is 3.14. The van der Waals surface area contributed by atoms with E-state index >= 15 is 0 Å². The second kappa shape index (κ2) is 2.66. The molecule has 0 amide bonds. The molecule has 2 aliphatic rings. The van der Waals surface area contributed by atoms with Crippen molar-refractivity contribution in [3.05, 3.63) is 0 Å². The Bertz CT molecular complexity index is 173. The Morgan fingerprint density at radius 1 is 0.917 bits per heavy atom. The van der Waals surface area contributed by atoms with Gasteiger partial charge in [-0.25, -0.2) is 8.78 Å². The summed E-state index contributed by atoms with van der Waals surface area (Å²) < 4.78 is 26.9. The minimum absolute atomic E-state index is 0.118. The Hall–Kier alpha value is -0.180. The number of piperidine rings is 1. The molecule has 1 N–H and O–H groups in total. The molecular weight excluding hydrogens is 160 g/mol. The van der Waals surface area contributed by atoms with Crippen LogP contribution >= 0.6 is 0 Å². The molecule has 1 nitrogen and oxygen atoms in total. The number of rotatable bonds is 0. The zero-order chi connectivity index (χ0) is 8.66. The molecule has 1 heterocycles. The first kappa shape index (κ1) is 8.42. The average Bonchev–Trinajstić information content (AvgIpc) is 2.30. The number of hydrogen-bond donors (Lipinski definition) is 1. The van der Waals surface area contributed by atoms with Crippen molar-refractivity contribution in [3.8, 4) is 0 Å². The topological polar surface area (TPSA) is 12.0 Å². The molecule has 0 unspecified atom stereocenters. The Kier molecular flexibility index (Phi) is 1.86. The molecule has 2 fully saturated rings. The lowest BCUT2D eigenvalue weighted by Crippen LogP contribution is -2.44. The third kappa shape index (κ3) is 1.06. The smallest absolute Gasteiger partial charge is 0.253 e. The minimum Gasteiger partial charge on any atom is -0.317 e. The van der Waals surface area contributed by atoms with Gasteiger partial charge in [-0.1, -0.05) is 0 Å². The van der Waals surface area contributed by atoms with Crippen molar-refractivity contribution in [1.82, 2.24) is 5.32 Å². The molecule has 2 rings (SSSR count). The summed E-state index contributed by atoms with van der Waals surface area (Å²) in [5.74, 6) is -2.38. The van der Waals surface area contributed by atoms with Crippen molar-refractivity contribution in [2.45, 2.75) is 38.0 Å². The lowest BCUT2D eigenvalue weighted by molar-refractivity contribution is -0.112. The fraction of sp³-hybridized carbons (Fsp3) is 1.00. The second-order valence-electron chi connectivity index (χ2n) is 4.09. The van der Waals surface area contributed by atoms with Crippen LogP contribution < -0.4 is 5.32 Å². The van der Waals surface area contributed by atoms with Crippen molar-refractivity contribution in [1.29, 1.82) is 0 Å². The van der Waals surface area contributed by atoms with Gasteiger partial charge in [-0.15, -0.1) is 0 Å². The van der Waals surface area contributed by atoms with Crippen LogP contribution in [0.5, 0.6) is 0 Å². The molecule has 1 spiro atoms. The summed E-state index contributed by atoms with van der Waals surface area (Å²) in [5.41, 5.74) is -0.627. The van der Waals surface area contributed by atoms with Gasteiger partial charge in [0.1, 0.15) is 0 Å². The standard InChI is InChI=1S/C9H15F2N/c10-9(11)3-1-2-8(9)4-6-12-7-5-8/h12H,1-7H2. The third-order valence-corrected chi connectivity index (χ3v) is 3.48. The van der Waals surface area contributed by atoms with Crippen LogP contribution in [0.2, 0.25) is 0 Å². The van der Waals surface area contributed by atoms with Gasteiger partial charge in [0.15, 0.2) is 0 Å². The summed E-state index contributed by atoms with van der Waals surface area (Å²) in [4.78, 5) is 0. The predicted octanol–water partition coefficient (Wildman–Crippen LogP) is 2.18. The van der Waals surface area contributed by atoms with E-state index in [0.29, 0.717) is 19.3 Å². The molecule has 0 radical (unpaired) electrons. The van der Waals surface area contributed by atoms with Crippen LogP contribution in [0.4, 0.5) is 8.78 Å². The first-order chi connectivity index (χ1) is 5.66. The predicted molar refractivity (Wildman–Crippen MR) is 43.3 cm³/mol. The molecule has 70 valence electrons. The molecule has 1 saturated heterocycles. The molecule has 12 heavy (non-hydrogen) atoms. The lowest BCUT2D eigenvalue weighted by atomic mass is 9.75. The minimum atomic E-state index is -2.38. The number of hydrogen-bond acceptors (Lipinski definition) is 1. The van der Waals surface area contributed by atoms with E-state index in [2.05, 4.69) is 5.32 Å². The molecule has 0 atom stereocenters. The van der Waals surface area contributed by atoms with E-state index in [0.717, 1.165) is 19.5 Å². The lowest BCUT2D eigenvalue weighted by Gasteiger charge is -2.38. The van der Waals surface area contributed by atoms with E-state index in [1.54, 1.807) is 0 Å². The van der Waals surface area contributed by atoms with E-state index in [4.69, 9.17) is 0 Å². The van der Waals surface area contributed by atoms with Crippen LogP contribution in [0.1, 0.15) is 32.1 Å². The molecule has 1 saturated carbocycles. The van der Waals surface area contributed by atoms with Crippen molar-refractivity contribution >= 4 is 0 Å². The Labute approximate surface area is 71.5 Å².